The summed E-state index contributed by atoms with van der Waals surface area (Å²) in [7, 11) is 0. The van der Waals surface area contributed by atoms with Gasteiger partial charge in [0.2, 0.25) is 0 Å². The molecule has 1 aliphatic rings. The van der Waals surface area contributed by atoms with Crippen LogP contribution < -0.4 is 21.5 Å². The average molecular weight is 371 g/mol. The number of aromatic nitrogens is 2. The van der Waals surface area contributed by atoms with Crippen LogP contribution in [-0.2, 0) is 0 Å². The highest BCUT2D eigenvalue weighted by Crippen LogP contribution is 2.16. The van der Waals surface area contributed by atoms with E-state index in [-0.39, 0.29) is 5.56 Å². The van der Waals surface area contributed by atoms with E-state index in [4.69, 9.17) is 0 Å². The van der Waals surface area contributed by atoms with Gasteiger partial charge < -0.3 is 20.9 Å². The molecular formula is C20H30N6O. The molecule has 3 rings (SSSR count). The SMILES string of the molecule is CCNCNc1cnn(-c2ccccc2)c(=O)c1NCCN1CCCCC1. The topological polar surface area (TPSA) is 74.2 Å². The third-order valence-corrected chi connectivity index (χ3v) is 4.81. The first kappa shape index (κ1) is 19.4. The van der Waals surface area contributed by atoms with Crippen molar-refractivity contribution in [2.24, 2.45) is 0 Å². The van der Waals surface area contributed by atoms with Gasteiger partial charge in [0, 0.05) is 13.1 Å². The molecule has 0 aliphatic carbocycles. The van der Waals surface area contributed by atoms with E-state index < -0.39 is 0 Å². The lowest BCUT2D eigenvalue weighted by molar-refractivity contribution is 0.237. The summed E-state index contributed by atoms with van der Waals surface area (Å²) in [6.07, 6.45) is 5.58. The van der Waals surface area contributed by atoms with Crippen molar-refractivity contribution in [3.63, 3.8) is 0 Å². The maximum atomic E-state index is 13.1. The fourth-order valence-corrected chi connectivity index (χ4v) is 3.32. The molecule has 0 radical (unpaired) electrons. The third-order valence-electron chi connectivity index (χ3n) is 4.81. The minimum Gasteiger partial charge on any atom is -0.377 e. The van der Waals surface area contributed by atoms with E-state index in [1.54, 1.807) is 6.20 Å². The highest BCUT2D eigenvalue weighted by Gasteiger charge is 2.14. The van der Waals surface area contributed by atoms with Gasteiger partial charge in [0.05, 0.1) is 24.2 Å². The molecule has 0 saturated carbocycles. The van der Waals surface area contributed by atoms with E-state index >= 15 is 0 Å². The lowest BCUT2D eigenvalue weighted by Gasteiger charge is -2.26. The largest absolute Gasteiger partial charge is 0.377 e. The molecule has 2 heterocycles. The van der Waals surface area contributed by atoms with Crippen LogP contribution in [0.4, 0.5) is 11.4 Å². The van der Waals surface area contributed by atoms with Gasteiger partial charge in [0.15, 0.2) is 0 Å². The molecule has 0 atom stereocenters. The zero-order chi connectivity index (χ0) is 18.9. The molecule has 1 saturated heterocycles. The molecule has 1 aromatic heterocycles. The van der Waals surface area contributed by atoms with Crippen LogP contribution in [0.2, 0.25) is 0 Å². The summed E-state index contributed by atoms with van der Waals surface area (Å²) in [5, 5.41) is 14.2. The van der Waals surface area contributed by atoms with Crippen molar-refractivity contribution in [3.8, 4) is 5.69 Å². The standard InChI is InChI=1S/C20H30N6O/c1-2-21-16-23-18-15-24-26(17-9-5-3-6-10-17)20(27)19(18)22-11-14-25-12-7-4-8-13-25/h3,5-6,9-10,15,21-23H,2,4,7-8,11-14,16H2,1H3. The quantitative estimate of drug-likeness (QED) is 0.464. The van der Waals surface area contributed by atoms with Gasteiger partial charge in [0.25, 0.3) is 5.56 Å². The van der Waals surface area contributed by atoms with Crippen molar-refractivity contribution in [2.75, 3.05) is 50.0 Å². The minimum atomic E-state index is -0.138. The lowest BCUT2D eigenvalue weighted by Crippen LogP contribution is -2.35. The van der Waals surface area contributed by atoms with Gasteiger partial charge in [-0.3, -0.25) is 4.79 Å². The zero-order valence-electron chi connectivity index (χ0n) is 16.1. The first-order valence-corrected chi connectivity index (χ1v) is 9.88. The number of piperidine rings is 1. The van der Waals surface area contributed by atoms with Crippen molar-refractivity contribution in [1.29, 1.82) is 0 Å². The monoisotopic (exact) mass is 370 g/mol. The van der Waals surface area contributed by atoms with Crippen LogP contribution in [0.25, 0.3) is 5.69 Å². The summed E-state index contributed by atoms with van der Waals surface area (Å²) < 4.78 is 1.45. The number of likely N-dealkylation sites (tertiary alicyclic amines) is 1. The van der Waals surface area contributed by atoms with Crippen molar-refractivity contribution in [1.82, 2.24) is 20.0 Å². The second-order valence-electron chi connectivity index (χ2n) is 6.77. The van der Waals surface area contributed by atoms with Crippen LogP contribution in [0.5, 0.6) is 0 Å². The van der Waals surface area contributed by atoms with Gasteiger partial charge in [-0.15, -0.1) is 0 Å². The molecule has 1 aliphatic heterocycles. The van der Waals surface area contributed by atoms with Gasteiger partial charge in [0.1, 0.15) is 5.69 Å². The molecule has 7 heteroatoms. The second kappa shape index (κ2) is 10.1. The van der Waals surface area contributed by atoms with Crippen LogP contribution in [0.1, 0.15) is 26.2 Å². The van der Waals surface area contributed by atoms with Crippen molar-refractivity contribution in [2.45, 2.75) is 26.2 Å². The summed E-state index contributed by atoms with van der Waals surface area (Å²) >= 11 is 0. The number of hydrogen-bond acceptors (Lipinski definition) is 6. The van der Waals surface area contributed by atoms with Gasteiger partial charge in [-0.25, -0.2) is 0 Å². The number of rotatable bonds is 9. The Labute approximate surface area is 160 Å². The summed E-state index contributed by atoms with van der Waals surface area (Å²) in [4.78, 5) is 15.5. The predicted molar refractivity (Wildman–Crippen MR) is 111 cm³/mol. The number of anilines is 2. The maximum Gasteiger partial charge on any atom is 0.296 e. The molecule has 146 valence electrons. The van der Waals surface area contributed by atoms with Crippen molar-refractivity contribution in [3.05, 3.63) is 46.9 Å². The Morgan fingerprint density at radius 2 is 1.85 bits per heavy atom. The van der Waals surface area contributed by atoms with E-state index in [0.717, 1.165) is 44.1 Å². The van der Waals surface area contributed by atoms with E-state index in [0.29, 0.717) is 12.4 Å². The van der Waals surface area contributed by atoms with E-state index in [1.807, 2.05) is 37.3 Å². The van der Waals surface area contributed by atoms with Gasteiger partial charge in [-0.1, -0.05) is 31.5 Å². The Morgan fingerprint density at radius 3 is 2.59 bits per heavy atom. The number of nitrogens with zero attached hydrogens (tertiary/aromatic N) is 3. The summed E-state index contributed by atoms with van der Waals surface area (Å²) in [6.45, 7) is 7.48. The first-order valence-electron chi connectivity index (χ1n) is 9.88. The Bertz CT molecular complexity index is 755. The predicted octanol–water partition coefficient (Wildman–Crippen LogP) is 2.11. The lowest BCUT2D eigenvalue weighted by atomic mass is 10.1. The summed E-state index contributed by atoms with van der Waals surface area (Å²) in [6, 6.07) is 9.52. The second-order valence-corrected chi connectivity index (χ2v) is 6.77. The van der Waals surface area contributed by atoms with Gasteiger partial charge >= 0.3 is 0 Å². The summed E-state index contributed by atoms with van der Waals surface area (Å²) in [5.41, 5.74) is 1.93. The number of nitrogens with one attached hydrogen (secondary N) is 3. The molecule has 1 fully saturated rings. The minimum absolute atomic E-state index is 0.138. The molecule has 3 N–H and O–H groups in total. The Kier molecular flexibility index (Phi) is 7.24. The van der Waals surface area contributed by atoms with Crippen LogP contribution in [-0.4, -0.2) is 54.1 Å². The molecule has 0 unspecified atom stereocenters. The van der Waals surface area contributed by atoms with Crippen molar-refractivity contribution >= 4 is 11.4 Å². The fraction of sp³-hybridized carbons (Fsp3) is 0.500. The number of hydrogen-bond donors (Lipinski definition) is 3. The van der Waals surface area contributed by atoms with Crippen LogP contribution in [0.3, 0.4) is 0 Å². The molecule has 0 amide bonds. The third kappa shape index (κ3) is 5.30. The Morgan fingerprint density at radius 1 is 1.07 bits per heavy atom. The molecule has 1 aromatic carbocycles. The molecule has 0 bridgehead atoms. The Balaban J connectivity index is 1.77. The highest BCUT2D eigenvalue weighted by atomic mass is 16.1. The van der Waals surface area contributed by atoms with Crippen LogP contribution >= 0.6 is 0 Å². The fourth-order valence-electron chi connectivity index (χ4n) is 3.32. The van der Waals surface area contributed by atoms with E-state index in [9.17, 15) is 4.79 Å². The smallest absolute Gasteiger partial charge is 0.296 e. The zero-order valence-corrected chi connectivity index (χ0v) is 16.1. The average Bonchev–Trinajstić information content (AvgIpc) is 2.71. The van der Waals surface area contributed by atoms with E-state index in [2.05, 4.69) is 25.9 Å². The summed E-state index contributed by atoms with van der Waals surface area (Å²) in [5.74, 6) is 0. The van der Waals surface area contributed by atoms with Crippen LogP contribution in [0.15, 0.2) is 41.3 Å². The normalized spacial score (nSPS) is 14.9. The first-order chi connectivity index (χ1) is 13.3. The van der Waals surface area contributed by atoms with Crippen LogP contribution in [0, 0.1) is 0 Å². The molecule has 7 nitrogen and oxygen atoms in total. The van der Waals surface area contributed by atoms with Gasteiger partial charge in [-0.05, 0) is 44.6 Å². The van der Waals surface area contributed by atoms with Gasteiger partial charge in [-0.2, -0.15) is 9.78 Å². The Hall–Kier alpha value is -2.38. The number of benzene rings is 1. The highest BCUT2D eigenvalue weighted by molar-refractivity contribution is 5.66. The molecule has 27 heavy (non-hydrogen) atoms. The van der Waals surface area contributed by atoms with E-state index in [1.165, 1.54) is 23.9 Å². The molecule has 2 aromatic rings. The number of para-hydroxylation sites is 1. The molecule has 0 spiro atoms. The molecular weight excluding hydrogens is 340 g/mol. The van der Waals surface area contributed by atoms with Crippen molar-refractivity contribution < 1.29 is 0 Å². The maximum absolute atomic E-state index is 13.1.